The Labute approximate surface area is 238 Å². The highest BCUT2D eigenvalue weighted by Crippen LogP contribution is 2.12. The van der Waals surface area contributed by atoms with E-state index in [1.54, 1.807) is 12.1 Å². The lowest BCUT2D eigenvalue weighted by Crippen LogP contribution is -2.15. The number of hydrogen-bond donors (Lipinski definition) is 0. The molecule has 13 heteroatoms. The Morgan fingerprint density at radius 1 is 0.575 bits per heavy atom. The van der Waals surface area contributed by atoms with Gasteiger partial charge in [-0.1, -0.05) is 24.6 Å². The molecule has 232 valence electrons. The van der Waals surface area contributed by atoms with Crippen LogP contribution in [0.3, 0.4) is 0 Å². The van der Waals surface area contributed by atoms with Gasteiger partial charge in [0, 0.05) is 6.42 Å². The highest BCUT2D eigenvalue weighted by molar-refractivity contribution is 7.86. The first-order chi connectivity index (χ1) is 19.5. The average Bonchev–Trinajstić information content (AvgIpc) is 2.93. The number of ether oxygens (including phenoxy) is 8. The molecule has 0 atom stereocenters. The van der Waals surface area contributed by atoms with Gasteiger partial charge >= 0.3 is 5.97 Å². The quantitative estimate of drug-likeness (QED) is 0.0799. The fourth-order valence-corrected chi connectivity index (χ4v) is 3.78. The van der Waals surface area contributed by atoms with Crippen molar-refractivity contribution in [3.05, 3.63) is 29.8 Å². The average molecular weight is 595 g/mol. The monoisotopic (exact) mass is 594 g/mol. The van der Waals surface area contributed by atoms with Crippen molar-refractivity contribution in [3.8, 4) is 0 Å². The number of aryl methyl sites for hydroxylation is 1. The van der Waals surface area contributed by atoms with Crippen LogP contribution in [0.15, 0.2) is 29.2 Å². The van der Waals surface area contributed by atoms with E-state index >= 15 is 0 Å². The van der Waals surface area contributed by atoms with Gasteiger partial charge in [0.05, 0.1) is 104 Å². The molecule has 0 aliphatic rings. The first-order valence-corrected chi connectivity index (χ1v) is 15.0. The van der Waals surface area contributed by atoms with Gasteiger partial charge in [0.25, 0.3) is 10.1 Å². The fourth-order valence-electron chi connectivity index (χ4n) is 2.89. The second kappa shape index (κ2) is 25.1. The van der Waals surface area contributed by atoms with Gasteiger partial charge in [0.1, 0.15) is 6.61 Å². The Kier molecular flexibility index (Phi) is 22.8. The topological polar surface area (TPSA) is 134 Å². The van der Waals surface area contributed by atoms with E-state index in [4.69, 9.17) is 42.1 Å². The van der Waals surface area contributed by atoms with E-state index in [-0.39, 0.29) is 30.7 Å². The van der Waals surface area contributed by atoms with E-state index in [0.29, 0.717) is 92.3 Å². The summed E-state index contributed by atoms with van der Waals surface area (Å²) in [6.07, 6.45) is 1.21. The Balaban J connectivity index is 1.73. The Bertz CT molecular complexity index is 832. The van der Waals surface area contributed by atoms with E-state index in [9.17, 15) is 13.2 Å². The van der Waals surface area contributed by atoms with Crippen LogP contribution in [0, 0.1) is 6.92 Å². The predicted octanol–water partition coefficient (Wildman–Crippen LogP) is 2.16. The Morgan fingerprint density at radius 3 is 1.30 bits per heavy atom. The van der Waals surface area contributed by atoms with E-state index < -0.39 is 10.1 Å². The van der Waals surface area contributed by atoms with Crippen LogP contribution in [-0.2, 0) is 57.0 Å². The summed E-state index contributed by atoms with van der Waals surface area (Å²) < 4.78 is 71.7. The molecule has 1 rings (SSSR count). The standard InChI is InChI=1S/C27H46O12S/c1-3-4-27(28)38-23-21-36-19-17-34-15-13-32-11-9-31-10-12-33-14-16-35-18-20-37-22-24-39-40(29,30)26-7-5-25(2)6-8-26/h5-8H,3-4,9-24H2,1-2H3. The van der Waals surface area contributed by atoms with Gasteiger partial charge in [0.2, 0.25) is 0 Å². The van der Waals surface area contributed by atoms with E-state index in [1.165, 1.54) is 12.1 Å². The molecule has 1 aromatic rings. The van der Waals surface area contributed by atoms with Crippen LogP contribution in [0.5, 0.6) is 0 Å². The molecule has 0 saturated carbocycles. The van der Waals surface area contributed by atoms with Crippen LogP contribution in [0.1, 0.15) is 25.3 Å². The summed E-state index contributed by atoms with van der Waals surface area (Å²) in [5.74, 6) is -0.197. The third-order valence-corrected chi connectivity index (χ3v) is 6.28. The minimum absolute atomic E-state index is 0.0606. The summed E-state index contributed by atoms with van der Waals surface area (Å²) in [6.45, 7) is 9.74. The SMILES string of the molecule is CCCC(=O)OCCOCCOCCOCCOCCOCCOCCOCCOS(=O)(=O)c1ccc(C)cc1. The lowest BCUT2D eigenvalue weighted by atomic mass is 10.2. The molecule has 1 aromatic carbocycles. The third-order valence-electron chi connectivity index (χ3n) is 4.95. The van der Waals surface area contributed by atoms with E-state index in [1.807, 2.05) is 13.8 Å². The summed E-state index contributed by atoms with van der Waals surface area (Å²) in [5, 5.41) is 0. The molecule has 0 aliphatic carbocycles. The van der Waals surface area contributed by atoms with E-state index in [0.717, 1.165) is 12.0 Å². The number of carbonyl (C=O) groups is 1. The second-order valence-electron chi connectivity index (χ2n) is 8.35. The summed E-state index contributed by atoms with van der Waals surface area (Å²) in [7, 11) is -3.77. The number of carbonyl (C=O) groups excluding carboxylic acids is 1. The van der Waals surface area contributed by atoms with Crippen LogP contribution >= 0.6 is 0 Å². The normalized spacial score (nSPS) is 11.7. The second-order valence-corrected chi connectivity index (χ2v) is 9.96. The first-order valence-electron chi connectivity index (χ1n) is 13.6. The number of benzene rings is 1. The van der Waals surface area contributed by atoms with Crippen molar-refractivity contribution < 1.29 is 55.3 Å². The van der Waals surface area contributed by atoms with Gasteiger partial charge in [0.15, 0.2) is 0 Å². The molecule has 0 bridgehead atoms. The minimum atomic E-state index is -3.77. The van der Waals surface area contributed by atoms with Gasteiger partial charge in [-0.2, -0.15) is 8.42 Å². The van der Waals surface area contributed by atoms with Crippen molar-refractivity contribution in [3.63, 3.8) is 0 Å². The van der Waals surface area contributed by atoms with Crippen molar-refractivity contribution in [2.75, 3.05) is 106 Å². The molecule has 12 nitrogen and oxygen atoms in total. The highest BCUT2D eigenvalue weighted by atomic mass is 32.2. The zero-order valence-electron chi connectivity index (χ0n) is 23.8. The Hall–Kier alpha value is -1.68. The fraction of sp³-hybridized carbons (Fsp3) is 0.741. The third kappa shape index (κ3) is 21.1. The molecule has 0 aliphatic heterocycles. The molecule has 0 saturated heterocycles. The zero-order chi connectivity index (χ0) is 29.2. The van der Waals surface area contributed by atoms with Gasteiger partial charge in [-0.25, -0.2) is 0 Å². The van der Waals surface area contributed by atoms with E-state index in [2.05, 4.69) is 0 Å². The number of hydrogen-bond acceptors (Lipinski definition) is 12. The minimum Gasteiger partial charge on any atom is -0.463 e. The maximum Gasteiger partial charge on any atom is 0.305 e. The van der Waals surface area contributed by atoms with Crippen molar-refractivity contribution in [1.29, 1.82) is 0 Å². The molecule has 0 fully saturated rings. The number of esters is 1. The smallest absolute Gasteiger partial charge is 0.305 e. The van der Waals surface area contributed by atoms with Crippen molar-refractivity contribution >= 4 is 16.1 Å². The molecule has 0 amide bonds. The van der Waals surface area contributed by atoms with Crippen molar-refractivity contribution in [1.82, 2.24) is 0 Å². The van der Waals surface area contributed by atoms with Gasteiger partial charge in [-0.15, -0.1) is 0 Å². The predicted molar refractivity (Wildman–Crippen MR) is 146 cm³/mol. The molecule has 40 heavy (non-hydrogen) atoms. The van der Waals surface area contributed by atoms with Crippen LogP contribution in [0.25, 0.3) is 0 Å². The largest absolute Gasteiger partial charge is 0.463 e. The van der Waals surface area contributed by atoms with Crippen molar-refractivity contribution in [2.45, 2.75) is 31.6 Å². The maximum atomic E-state index is 12.0. The summed E-state index contributed by atoms with van der Waals surface area (Å²) in [4.78, 5) is 11.3. The lowest BCUT2D eigenvalue weighted by molar-refractivity contribution is -0.145. The van der Waals surface area contributed by atoms with Gasteiger partial charge in [-0.05, 0) is 25.5 Å². The molecule has 0 unspecified atom stereocenters. The molecule has 0 spiro atoms. The van der Waals surface area contributed by atoms with Gasteiger partial charge in [-0.3, -0.25) is 8.98 Å². The highest BCUT2D eigenvalue weighted by Gasteiger charge is 2.14. The zero-order valence-corrected chi connectivity index (χ0v) is 24.7. The summed E-state index contributed by atoms with van der Waals surface area (Å²) in [5.41, 5.74) is 0.974. The molecule has 0 aromatic heterocycles. The van der Waals surface area contributed by atoms with Crippen LogP contribution in [0.4, 0.5) is 0 Å². The van der Waals surface area contributed by atoms with Crippen LogP contribution in [0.2, 0.25) is 0 Å². The molecule has 0 heterocycles. The van der Waals surface area contributed by atoms with Crippen LogP contribution < -0.4 is 0 Å². The van der Waals surface area contributed by atoms with Crippen LogP contribution in [-0.4, -0.2) is 120 Å². The lowest BCUT2D eigenvalue weighted by Gasteiger charge is -2.09. The first kappa shape index (κ1) is 36.3. The van der Waals surface area contributed by atoms with Gasteiger partial charge < -0.3 is 37.9 Å². The van der Waals surface area contributed by atoms with Crippen molar-refractivity contribution in [2.24, 2.45) is 0 Å². The summed E-state index contributed by atoms with van der Waals surface area (Å²) in [6, 6.07) is 6.47. The summed E-state index contributed by atoms with van der Waals surface area (Å²) >= 11 is 0. The number of rotatable bonds is 28. The molecular formula is C27H46O12S. The molecule has 0 N–H and O–H groups in total. The molecule has 0 radical (unpaired) electrons. The molecular weight excluding hydrogens is 548 g/mol. The maximum absolute atomic E-state index is 12.0. The Morgan fingerprint density at radius 2 is 0.925 bits per heavy atom.